The summed E-state index contributed by atoms with van der Waals surface area (Å²) in [4.78, 5) is 61.7. The number of ether oxygens (including phenoxy) is 2. The Hall–Kier alpha value is -4.98. The number of hydrogen-bond donors (Lipinski definition) is 3. The molecule has 13 nitrogen and oxygen atoms in total. The summed E-state index contributed by atoms with van der Waals surface area (Å²) in [5, 5.41) is 7.20. The monoisotopic (exact) mass is 773 g/mol. The Morgan fingerprint density at radius 3 is 2.29 bits per heavy atom. The molecule has 4 amide bonds. The number of nitrogens with zero attached hydrogens (tertiary/aromatic N) is 2. The lowest BCUT2D eigenvalue weighted by molar-refractivity contribution is -0.143. The van der Waals surface area contributed by atoms with Crippen LogP contribution in [-0.4, -0.2) is 82.7 Å². The Morgan fingerprint density at radius 2 is 1.67 bits per heavy atom. The first kappa shape index (κ1) is 39.7. The van der Waals surface area contributed by atoms with Gasteiger partial charge in [-0.2, -0.15) is 0 Å². The number of benzene rings is 2. The summed E-state index contributed by atoms with van der Waals surface area (Å²) in [5.41, 5.74) is -2.40. The lowest BCUT2D eigenvalue weighted by Crippen LogP contribution is -2.60. The number of likely N-dealkylation sites (tertiary alicyclic amines) is 1. The van der Waals surface area contributed by atoms with Crippen LogP contribution in [0, 0.1) is 11.3 Å². The maximum atomic E-state index is 14.5. The zero-order chi connectivity index (χ0) is 40.0. The van der Waals surface area contributed by atoms with Gasteiger partial charge in [-0.25, -0.2) is 18.2 Å². The molecule has 1 aliphatic heterocycles. The number of amides is 4. The van der Waals surface area contributed by atoms with E-state index in [0.717, 1.165) is 16.3 Å². The van der Waals surface area contributed by atoms with Gasteiger partial charge < -0.3 is 25.0 Å². The SMILES string of the molecule is C=C[C@@H]1C[C@]1(NC(=O)C1C[C@@H](Oc2nccc3ccccc23)CN1C(=O)[C@@H](NC(=O)OC(C)(C)C)C(C)(C)C)C(=O)NS(=O)(=O)C1(Cc2ccccc2)CC1. The average Bonchev–Trinajstić information content (AvgIpc) is 4.01. The molecule has 0 spiro atoms. The van der Waals surface area contributed by atoms with Crippen molar-refractivity contribution in [1.82, 2.24) is 25.2 Å². The van der Waals surface area contributed by atoms with Crippen LogP contribution in [0.1, 0.15) is 72.8 Å². The van der Waals surface area contributed by atoms with Crippen molar-refractivity contribution in [1.29, 1.82) is 0 Å². The van der Waals surface area contributed by atoms with Crippen LogP contribution in [0.4, 0.5) is 4.79 Å². The number of pyridine rings is 1. The highest BCUT2D eigenvalue weighted by Gasteiger charge is 2.63. The molecule has 2 saturated carbocycles. The summed E-state index contributed by atoms with van der Waals surface area (Å²) in [6.45, 7) is 14.3. The van der Waals surface area contributed by atoms with E-state index in [1.54, 1.807) is 47.7 Å². The second kappa shape index (κ2) is 14.6. The van der Waals surface area contributed by atoms with Crippen LogP contribution in [0.5, 0.6) is 5.88 Å². The minimum Gasteiger partial charge on any atom is -0.472 e. The van der Waals surface area contributed by atoms with Crippen LogP contribution in [0.15, 0.2) is 79.5 Å². The van der Waals surface area contributed by atoms with Crippen LogP contribution in [0.25, 0.3) is 10.8 Å². The van der Waals surface area contributed by atoms with Gasteiger partial charge in [-0.1, -0.05) is 75.4 Å². The minimum atomic E-state index is -4.14. The smallest absolute Gasteiger partial charge is 0.408 e. The van der Waals surface area contributed by atoms with Crippen molar-refractivity contribution in [2.75, 3.05) is 6.54 Å². The van der Waals surface area contributed by atoms with Crippen molar-refractivity contribution in [3.8, 4) is 5.88 Å². The van der Waals surface area contributed by atoms with E-state index in [0.29, 0.717) is 18.7 Å². The minimum absolute atomic E-state index is 0.0285. The number of fused-ring (bicyclic) bond motifs is 1. The third kappa shape index (κ3) is 8.48. The van der Waals surface area contributed by atoms with Gasteiger partial charge in [0.05, 0.1) is 11.3 Å². The van der Waals surface area contributed by atoms with Crippen molar-refractivity contribution in [2.45, 2.75) is 108 Å². The fourth-order valence-electron chi connectivity index (χ4n) is 7.26. The van der Waals surface area contributed by atoms with Crippen molar-refractivity contribution in [3.63, 3.8) is 0 Å². The van der Waals surface area contributed by atoms with Crippen molar-refractivity contribution in [3.05, 3.63) is 85.1 Å². The Labute approximate surface area is 322 Å². The average molecular weight is 774 g/mol. The van der Waals surface area contributed by atoms with Gasteiger partial charge in [0.25, 0.3) is 5.91 Å². The number of sulfonamides is 1. The highest BCUT2D eigenvalue weighted by atomic mass is 32.2. The number of aromatic nitrogens is 1. The topological polar surface area (TPSA) is 173 Å². The zero-order valence-corrected chi connectivity index (χ0v) is 33.1. The molecule has 0 bridgehead atoms. The zero-order valence-electron chi connectivity index (χ0n) is 32.3. The molecule has 5 atom stereocenters. The molecular formula is C41H51N5O8S. The van der Waals surface area contributed by atoms with E-state index >= 15 is 0 Å². The van der Waals surface area contributed by atoms with Gasteiger partial charge >= 0.3 is 6.09 Å². The summed E-state index contributed by atoms with van der Waals surface area (Å²) in [7, 11) is -4.14. The summed E-state index contributed by atoms with van der Waals surface area (Å²) in [6, 6.07) is 16.3. The number of carbonyl (C=O) groups is 4. The molecule has 6 rings (SSSR count). The third-order valence-electron chi connectivity index (χ3n) is 10.6. The summed E-state index contributed by atoms with van der Waals surface area (Å²) in [6.07, 6.45) is 2.83. The fourth-order valence-corrected chi connectivity index (χ4v) is 8.90. The molecule has 1 saturated heterocycles. The molecule has 2 heterocycles. The first-order valence-electron chi connectivity index (χ1n) is 18.6. The molecule has 3 fully saturated rings. The summed E-state index contributed by atoms with van der Waals surface area (Å²) in [5.74, 6) is -2.30. The molecule has 1 aromatic heterocycles. The van der Waals surface area contributed by atoms with Gasteiger partial charge in [0.15, 0.2) is 0 Å². The van der Waals surface area contributed by atoms with Crippen LogP contribution in [0.3, 0.4) is 0 Å². The normalized spacial score (nSPS) is 23.6. The molecule has 294 valence electrons. The third-order valence-corrected chi connectivity index (χ3v) is 12.7. The van der Waals surface area contributed by atoms with Gasteiger partial charge in [-0.3, -0.25) is 19.1 Å². The van der Waals surface area contributed by atoms with Gasteiger partial charge in [-0.05, 0) is 75.0 Å². The molecule has 2 aliphatic carbocycles. The van der Waals surface area contributed by atoms with Crippen molar-refractivity contribution < 1.29 is 37.1 Å². The molecule has 3 aliphatic rings. The van der Waals surface area contributed by atoms with E-state index < -0.39 is 79.2 Å². The molecule has 2 aromatic carbocycles. The van der Waals surface area contributed by atoms with E-state index in [1.807, 2.05) is 60.7 Å². The number of alkyl carbamates (subject to hydrolysis) is 1. The molecule has 14 heteroatoms. The van der Waals surface area contributed by atoms with Crippen molar-refractivity contribution in [2.24, 2.45) is 11.3 Å². The quantitative estimate of drug-likeness (QED) is 0.219. The Balaban J connectivity index is 1.26. The van der Waals surface area contributed by atoms with Crippen molar-refractivity contribution >= 4 is 44.6 Å². The fraction of sp³-hybridized carbons (Fsp3) is 0.488. The van der Waals surface area contributed by atoms with Gasteiger partial charge in [-0.15, -0.1) is 6.58 Å². The molecular weight excluding hydrogens is 723 g/mol. The number of carbonyl (C=O) groups excluding carboxylic acids is 4. The Bertz CT molecular complexity index is 2080. The second-order valence-electron chi connectivity index (χ2n) is 17.1. The molecule has 3 N–H and O–H groups in total. The first-order valence-corrected chi connectivity index (χ1v) is 20.1. The molecule has 3 aromatic rings. The molecule has 55 heavy (non-hydrogen) atoms. The number of rotatable bonds is 12. The van der Waals surface area contributed by atoms with E-state index in [4.69, 9.17) is 9.47 Å². The first-order chi connectivity index (χ1) is 25.8. The van der Waals surface area contributed by atoms with Crippen LogP contribution >= 0.6 is 0 Å². The van der Waals surface area contributed by atoms with Crippen LogP contribution in [-0.2, 0) is 35.6 Å². The highest BCUT2D eigenvalue weighted by molar-refractivity contribution is 7.91. The predicted octanol–water partition coefficient (Wildman–Crippen LogP) is 4.80. The van der Waals surface area contributed by atoms with E-state index in [1.165, 1.54) is 11.0 Å². The summed E-state index contributed by atoms with van der Waals surface area (Å²) >= 11 is 0. The van der Waals surface area contributed by atoms with E-state index in [9.17, 15) is 27.6 Å². The number of nitrogens with one attached hydrogen (secondary N) is 3. The van der Waals surface area contributed by atoms with E-state index in [2.05, 4.69) is 26.9 Å². The largest absolute Gasteiger partial charge is 0.472 e. The maximum absolute atomic E-state index is 14.5. The summed E-state index contributed by atoms with van der Waals surface area (Å²) < 4.78 is 40.5. The van der Waals surface area contributed by atoms with E-state index in [-0.39, 0.29) is 25.8 Å². The van der Waals surface area contributed by atoms with Crippen LogP contribution < -0.4 is 20.1 Å². The lowest BCUT2D eigenvalue weighted by Gasteiger charge is -2.36. The number of hydrogen-bond acceptors (Lipinski definition) is 9. The van der Waals surface area contributed by atoms with Gasteiger partial charge in [0.2, 0.25) is 27.7 Å². The molecule has 0 radical (unpaired) electrons. The predicted molar refractivity (Wildman–Crippen MR) is 207 cm³/mol. The lowest BCUT2D eigenvalue weighted by atomic mass is 9.85. The Kier molecular flexibility index (Phi) is 10.5. The highest BCUT2D eigenvalue weighted by Crippen LogP contribution is 2.48. The molecule has 1 unspecified atom stereocenters. The van der Waals surface area contributed by atoms with Gasteiger partial charge in [0, 0.05) is 23.9 Å². The van der Waals surface area contributed by atoms with Crippen LogP contribution in [0.2, 0.25) is 0 Å². The standard InChI is InChI=1S/C41H51N5O8S/c1-8-28-24-41(28,36(49)45-55(51,52)40(19-20-40)23-26-14-10-9-11-15-26)44-33(47)31-22-29(53-34-30-17-13-12-16-27(30)18-21-42-34)25-46(31)35(48)32(38(2,3)4)43-37(50)54-39(5,6)7/h8-18,21,28-29,31-32H,1,19-20,22-25H2,2-7H3,(H,43,50)(H,44,47)(H,45,49)/t28-,29-,31?,32-,41-/m1/s1. The van der Waals surface area contributed by atoms with Gasteiger partial charge in [0.1, 0.15) is 29.3 Å². The Morgan fingerprint density at radius 1 is 1.00 bits per heavy atom. The maximum Gasteiger partial charge on any atom is 0.408 e. The second-order valence-corrected chi connectivity index (χ2v) is 19.1.